The number of nitrogens with one attached hydrogen (secondary N) is 2. The summed E-state index contributed by atoms with van der Waals surface area (Å²) in [5.41, 5.74) is 2.94. The number of carbonyl (C=O) groups excluding carboxylic acids is 2. The average Bonchev–Trinajstić information content (AvgIpc) is 3.07. The van der Waals surface area contributed by atoms with Crippen molar-refractivity contribution < 1.29 is 22.7 Å². The quantitative estimate of drug-likeness (QED) is 0.529. The summed E-state index contributed by atoms with van der Waals surface area (Å²) in [6, 6.07) is 21.1. The summed E-state index contributed by atoms with van der Waals surface area (Å²) in [6.07, 6.45) is 0. The lowest BCUT2D eigenvalue weighted by Crippen LogP contribution is -2.24. The molecule has 3 aromatic rings. The molecular weight excluding hydrogens is 416 g/mol. The highest BCUT2D eigenvalue weighted by molar-refractivity contribution is 7.89. The van der Waals surface area contributed by atoms with Crippen molar-refractivity contribution in [3.05, 3.63) is 101 Å². The minimum atomic E-state index is -3.88. The summed E-state index contributed by atoms with van der Waals surface area (Å²) in [5, 5.41) is 2.15. The van der Waals surface area contributed by atoms with Crippen LogP contribution in [0.1, 0.15) is 37.4 Å². The van der Waals surface area contributed by atoms with E-state index in [0.717, 1.165) is 16.7 Å². The van der Waals surface area contributed by atoms with E-state index in [1.165, 1.54) is 18.2 Å². The van der Waals surface area contributed by atoms with Gasteiger partial charge >= 0.3 is 0 Å². The van der Waals surface area contributed by atoms with Gasteiger partial charge in [0.25, 0.3) is 11.8 Å². The number of rotatable bonds is 8. The van der Waals surface area contributed by atoms with Crippen molar-refractivity contribution in [3.8, 4) is 0 Å². The lowest BCUT2D eigenvalue weighted by molar-refractivity contribution is 0.0879. The number of sulfonamides is 1. The molecule has 1 heterocycles. The van der Waals surface area contributed by atoms with Crippen LogP contribution in [0.3, 0.4) is 0 Å². The number of imide groups is 1. The first-order valence-electron chi connectivity index (χ1n) is 9.62. The fourth-order valence-electron chi connectivity index (χ4n) is 3.29. The predicted molar refractivity (Wildman–Crippen MR) is 114 cm³/mol. The van der Waals surface area contributed by atoms with Gasteiger partial charge in [0, 0.05) is 6.54 Å². The number of carbonyl (C=O) groups is 2. The molecule has 8 heteroatoms. The molecule has 3 aromatic carbocycles. The third-order valence-electron chi connectivity index (χ3n) is 4.96. The standard InChI is InChI=1S/C23H20N2O5S/c26-22-20-11-10-19(12-21(20)23(27)25-22)31(28,29)24-13-17-8-4-5-9-18(17)15-30-14-16-6-2-1-3-7-16/h1-12,24H,13-15H2,(H,25,26,27). The minimum Gasteiger partial charge on any atom is -0.372 e. The van der Waals surface area contributed by atoms with Crippen LogP contribution in [0.25, 0.3) is 0 Å². The van der Waals surface area contributed by atoms with Gasteiger partial charge < -0.3 is 4.74 Å². The highest BCUT2D eigenvalue weighted by atomic mass is 32.2. The maximum Gasteiger partial charge on any atom is 0.258 e. The zero-order chi connectivity index (χ0) is 21.8. The monoisotopic (exact) mass is 436 g/mol. The first-order valence-corrected chi connectivity index (χ1v) is 11.1. The Kier molecular flexibility index (Phi) is 5.94. The van der Waals surface area contributed by atoms with Gasteiger partial charge in [-0.2, -0.15) is 0 Å². The molecule has 4 rings (SSSR count). The molecule has 31 heavy (non-hydrogen) atoms. The topological polar surface area (TPSA) is 102 Å². The number of fused-ring (bicyclic) bond motifs is 1. The van der Waals surface area contributed by atoms with Gasteiger partial charge in [0.15, 0.2) is 0 Å². The Bertz CT molecular complexity index is 1240. The molecule has 0 unspecified atom stereocenters. The number of hydrogen-bond donors (Lipinski definition) is 2. The van der Waals surface area contributed by atoms with Crippen LogP contribution in [-0.4, -0.2) is 20.2 Å². The number of benzene rings is 3. The van der Waals surface area contributed by atoms with E-state index in [-0.39, 0.29) is 22.6 Å². The molecule has 0 saturated heterocycles. The average molecular weight is 436 g/mol. The molecule has 0 atom stereocenters. The minimum absolute atomic E-state index is 0.0580. The Balaban J connectivity index is 1.44. The molecule has 1 aliphatic heterocycles. The Labute approximate surface area is 180 Å². The van der Waals surface area contributed by atoms with E-state index < -0.39 is 21.8 Å². The molecule has 0 radical (unpaired) electrons. The van der Waals surface area contributed by atoms with E-state index in [9.17, 15) is 18.0 Å². The highest BCUT2D eigenvalue weighted by Crippen LogP contribution is 2.21. The summed E-state index contributed by atoms with van der Waals surface area (Å²) in [7, 11) is -3.88. The van der Waals surface area contributed by atoms with Crippen LogP contribution < -0.4 is 10.0 Å². The van der Waals surface area contributed by atoms with E-state index >= 15 is 0 Å². The van der Waals surface area contributed by atoms with Crippen molar-refractivity contribution in [3.63, 3.8) is 0 Å². The first kappa shape index (κ1) is 20.9. The molecule has 158 valence electrons. The molecule has 0 aliphatic carbocycles. The van der Waals surface area contributed by atoms with Crippen molar-refractivity contribution >= 4 is 21.8 Å². The summed E-state index contributed by atoms with van der Waals surface area (Å²) in [6.45, 7) is 0.861. The fourth-order valence-corrected chi connectivity index (χ4v) is 4.33. The van der Waals surface area contributed by atoms with E-state index in [1.807, 2.05) is 54.6 Å². The predicted octanol–water partition coefficient (Wildman–Crippen LogP) is 2.77. The van der Waals surface area contributed by atoms with Gasteiger partial charge in [-0.15, -0.1) is 0 Å². The highest BCUT2D eigenvalue weighted by Gasteiger charge is 2.28. The molecule has 2 amide bonds. The largest absolute Gasteiger partial charge is 0.372 e. The van der Waals surface area contributed by atoms with E-state index in [1.54, 1.807) is 0 Å². The summed E-state index contributed by atoms with van der Waals surface area (Å²) < 4.78 is 33.8. The molecule has 0 saturated carbocycles. The van der Waals surface area contributed by atoms with E-state index in [2.05, 4.69) is 10.0 Å². The Morgan fingerprint density at radius 1 is 0.774 bits per heavy atom. The van der Waals surface area contributed by atoms with Crippen LogP contribution in [0.15, 0.2) is 77.7 Å². The van der Waals surface area contributed by atoms with E-state index in [0.29, 0.717) is 13.2 Å². The lowest BCUT2D eigenvalue weighted by atomic mass is 10.1. The summed E-state index contributed by atoms with van der Waals surface area (Å²) in [4.78, 5) is 23.4. The van der Waals surface area contributed by atoms with Crippen LogP contribution in [0.2, 0.25) is 0 Å². The summed E-state index contributed by atoms with van der Waals surface area (Å²) in [5.74, 6) is -1.13. The Hall–Kier alpha value is -3.33. The van der Waals surface area contributed by atoms with Gasteiger partial charge in [-0.1, -0.05) is 54.6 Å². The smallest absolute Gasteiger partial charge is 0.258 e. The van der Waals surface area contributed by atoms with Crippen LogP contribution in [-0.2, 0) is 34.5 Å². The molecule has 2 N–H and O–H groups in total. The summed E-state index contributed by atoms with van der Waals surface area (Å²) >= 11 is 0. The zero-order valence-corrected chi connectivity index (χ0v) is 17.3. The van der Waals surface area contributed by atoms with Crippen molar-refractivity contribution in [1.82, 2.24) is 10.0 Å². The van der Waals surface area contributed by atoms with E-state index in [4.69, 9.17) is 4.74 Å². The Morgan fingerprint density at radius 3 is 2.23 bits per heavy atom. The van der Waals surface area contributed by atoms with Gasteiger partial charge in [-0.05, 0) is 34.9 Å². The van der Waals surface area contributed by atoms with Crippen LogP contribution in [0.4, 0.5) is 0 Å². The molecule has 0 fully saturated rings. The molecule has 0 aromatic heterocycles. The molecule has 7 nitrogen and oxygen atoms in total. The fraction of sp³-hybridized carbons (Fsp3) is 0.130. The number of hydrogen-bond acceptors (Lipinski definition) is 5. The van der Waals surface area contributed by atoms with Crippen LogP contribution in [0.5, 0.6) is 0 Å². The SMILES string of the molecule is O=C1NC(=O)c2cc(S(=O)(=O)NCc3ccccc3COCc3ccccc3)ccc21. The van der Waals surface area contributed by atoms with Crippen LogP contribution in [0, 0.1) is 0 Å². The Morgan fingerprint density at radius 2 is 1.45 bits per heavy atom. The van der Waals surface area contributed by atoms with Crippen molar-refractivity contribution in [2.45, 2.75) is 24.7 Å². The van der Waals surface area contributed by atoms with Gasteiger partial charge in [0.05, 0.1) is 29.2 Å². The first-order chi connectivity index (χ1) is 14.9. The van der Waals surface area contributed by atoms with Crippen molar-refractivity contribution in [2.75, 3.05) is 0 Å². The normalized spacial score (nSPS) is 13.2. The van der Waals surface area contributed by atoms with Gasteiger partial charge in [0.2, 0.25) is 10.0 Å². The third kappa shape index (κ3) is 4.72. The second-order valence-electron chi connectivity index (χ2n) is 7.06. The second kappa shape index (κ2) is 8.81. The molecule has 0 spiro atoms. The van der Waals surface area contributed by atoms with Gasteiger partial charge in [-0.25, -0.2) is 13.1 Å². The molecular formula is C23H20N2O5S. The number of amides is 2. The number of ether oxygens (including phenoxy) is 1. The zero-order valence-electron chi connectivity index (χ0n) is 16.5. The van der Waals surface area contributed by atoms with Gasteiger partial charge in [0.1, 0.15) is 0 Å². The van der Waals surface area contributed by atoms with Crippen molar-refractivity contribution in [1.29, 1.82) is 0 Å². The lowest BCUT2D eigenvalue weighted by Gasteiger charge is -2.12. The van der Waals surface area contributed by atoms with Crippen LogP contribution >= 0.6 is 0 Å². The molecule has 1 aliphatic rings. The van der Waals surface area contributed by atoms with Gasteiger partial charge in [-0.3, -0.25) is 14.9 Å². The maximum absolute atomic E-state index is 12.7. The second-order valence-corrected chi connectivity index (χ2v) is 8.83. The maximum atomic E-state index is 12.7. The van der Waals surface area contributed by atoms with Crippen molar-refractivity contribution in [2.24, 2.45) is 0 Å². The molecule has 0 bridgehead atoms. The third-order valence-corrected chi connectivity index (χ3v) is 6.36.